The summed E-state index contributed by atoms with van der Waals surface area (Å²) in [5.74, 6) is -4.22. The van der Waals surface area contributed by atoms with Crippen LogP contribution in [0.15, 0.2) is 48.5 Å². The second-order valence-corrected chi connectivity index (χ2v) is 5.91. The third-order valence-electron chi connectivity index (χ3n) is 3.62. The fourth-order valence-electron chi connectivity index (χ4n) is 2.28. The van der Waals surface area contributed by atoms with E-state index in [4.69, 9.17) is 11.6 Å². The molecule has 0 aromatic heterocycles. The van der Waals surface area contributed by atoms with Gasteiger partial charge in [-0.05, 0) is 31.2 Å². The maximum atomic E-state index is 14.0. The molecule has 1 amide bonds. The summed E-state index contributed by atoms with van der Waals surface area (Å²) in [5, 5.41) is 3.21. The van der Waals surface area contributed by atoms with Gasteiger partial charge in [0.1, 0.15) is 5.82 Å². The number of halogens is 5. The Labute approximate surface area is 162 Å². The molecule has 2 aromatic carbocycles. The average molecular weight is 419 g/mol. The van der Waals surface area contributed by atoms with Gasteiger partial charge in [0.05, 0.1) is 22.9 Å². The van der Waals surface area contributed by atoms with E-state index in [1.165, 1.54) is 43.3 Å². The minimum absolute atomic E-state index is 0.133. The Balaban J connectivity index is 2.56. The van der Waals surface area contributed by atoms with Crippen molar-refractivity contribution in [3.8, 4) is 0 Å². The number of anilines is 1. The molecule has 150 valence electrons. The first kappa shape index (κ1) is 21.5. The van der Waals surface area contributed by atoms with Crippen molar-refractivity contribution in [1.82, 2.24) is 5.32 Å². The predicted octanol–water partition coefficient (Wildman–Crippen LogP) is 4.14. The number of rotatable bonds is 6. The molecule has 0 bridgehead atoms. The van der Waals surface area contributed by atoms with Gasteiger partial charge in [0.2, 0.25) is 0 Å². The number of para-hydroxylation sites is 1. The molecular formula is C18H15ClF4N2O3. The van der Waals surface area contributed by atoms with Crippen molar-refractivity contribution >= 4 is 29.2 Å². The smallest absolute Gasteiger partial charge is 0.441 e. The maximum absolute atomic E-state index is 14.0. The Morgan fingerprint density at radius 1 is 1.07 bits per heavy atom. The van der Waals surface area contributed by atoms with Crippen LogP contribution in [0.25, 0.3) is 0 Å². The fourth-order valence-corrected chi connectivity index (χ4v) is 2.50. The molecule has 0 fully saturated rings. The van der Waals surface area contributed by atoms with Crippen LogP contribution in [0.5, 0.6) is 0 Å². The molecule has 2 rings (SSSR count). The second-order valence-electron chi connectivity index (χ2n) is 5.51. The number of benzene rings is 2. The molecule has 2 aromatic rings. The van der Waals surface area contributed by atoms with Crippen molar-refractivity contribution < 1.29 is 31.9 Å². The van der Waals surface area contributed by atoms with Crippen molar-refractivity contribution in [1.29, 1.82) is 0 Å². The van der Waals surface area contributed by atoms with E-state index in [-0.39, 0.29) is 10.6 Å². The van der Waals surface area contributed by atoms with Gasteiger partial charge in [-0.1, -0.05) is 35.9 Å². The molecule has 0 aliphatic carbocycles. The first-order valence-corrected chi connectivity index (χ1v) is 8.34. The zero-order valence-corrected chi connectivity index (χ0v) is 15.2. The molecular weight excluding hydrogens is 404 g/mol. The highest BCUT2D eigenvalue weighted by atomic mass is 35.5. The standard InChI is InChI=1S/C18H15ClF4N2O3/c1-2-28-16(27)17(18(21,22)23,24-14-10-6-5-9-13(14)20)25-15(26)11-7-3-4-8-12(11)19/h3-10,24H,2H2,1H3,(H,25,26). The van der Waals surface area contributed by atoms with Crippen molar-refractivity contribution in [3.05, 3.63) is 64.9 Å². The van der Waals surface area contributed by atoms with Crippen LogP contribution in [0.2, 0.25) is 5.02 Å². The Morgan fingerprint density at radius 3 is 2.25 bits per heavy atom. The molecule has 1 atom stereocenters. The highest BCUT2D eigenvalue weighted by Gasteiger charge is 2.64. The van der Waals surface area contributed by atoms with Crippen LogP contribution in [0.1, 0.15) is 17.3 Å². The lowest BCUT2D eigenvalue weighted by Crippen LogP contribution is -2.69. The Kier molecular flexibility index (Phi) is 6.50. The number of carbonyl (C=O) groups is 2. The van der Waals surface area contributed by atoms with Crippen molar-refractivity contribution in [2.45, 2.75) is 18.8 Å². The zero-order valence-electron chi connectivity index (χ0n) is 14.4. The predicted molar refractivity (Wildman–Crippen MR) is 94.4 cm³/mol. The molecule has 0 radical (unpaired) electrons. The van der Waals surface area contributed by atoms with Gasteiger partial charge < -0.3 is 15.4 Å². The van der Waals surface area contributed by atoms with E-state index in [2.05, 4.69) is 4.74 Å². The quantitative estimate of drug-likeness (QED) is 0.420. The number of nitrogens with one attached hydrogen (secondary N) is 2. The average Bonchev–Trinajstić information content (AvgIpc) is 2.62. The highest BCUT2D eigenvalue weighted by Crippen LogP contribution is 2.34. The molecule has 0 spiro atoms. The number of alkyl halides is 3. The summed E-state index contributed by atoms with van der Waals surface area (Å²) >= 11 is 5.85. The number of ether oxygens (including phenoxy) is 1. The summed E-state index contributed by atoms with van der Waals surface area (Å²) in [6, 6.07) is 9.70. The minimum atomic E-state index is -5.39. The Hall–Kier alpha value is -2.81. The lowest BCUT2D eigenvalue weighted by Gasteiger charge is -2.35. The van der Waals surface area contributed by atoms with Gasteiger partial charge in [-0.3, -0.25) is 4.79 Å². The number of hydrogen-bond acceptors (Lipinski definition) is 4. The van der Waals surface area contributed by atoms with Gasteiger partial charge >= 0.3 is 17.8 Å². The van der Waals surface area contributed by atoms with E-state index < -0.39 is 41.8 Å². The molecule has 0 saturated heterocycles. The van der Waals surface area contributed by atoms with Crippen LogP contribution in [-0.4, -0.2) is 30.3 Å². The second kappa shape index (κ2) is 8.47. The molecule has 10 heteroatoms. The fraction of sp³-hybridized carbons (Fsp3) is 0.222. The molecule has 2 N–H and O–H groups in total. The summed E-state index contributed by atoms with van der Waals surface area (Å²) in [6.07, 6.45) is -5.39. The molecule has 0 saturated carbocycles. The van der Waals surface area contributed by atoms with Crippen molar-refractivity contribution in [2.24, 2.45) is 0 Å². The molecule has 5 nitrogen and oxygen atoms in total. The van der Waals surface area contributed by atoms with Gasteiger partial charge in [-0.15, -0.1) is 0 Å². The summed E-state index contributed by atoms with van der Waals surface area (Å²) < 4.78 is 60.5. The molecule has 0 aliphatic rings. The van der Waals surface area contributed by atoms with Gasteiger partial charge in [0.25, 0.3) is 5.91 Å². The van der Waals surface area contributed by atoms with E-state index in [0.29, 0.717) is 0 Å². The van der Waals surface area contributed by atoms with Crippen LogP contribution in [0.3, 0.4) is 0 Å². The largest absolute Gasteiger partial charge is 0.463 e. The minimum Gasteiger partial charge on any atom is -0.463 e. The normalized spacial score (nSPS) is 13.4. The lowest BCUT2D eigenvalue weighted by atomic mass is 10.1. The number of amides is 1. The van der Waals surface area contributed by atoms with Gasteiger partial charge in [-0.2, -0.15) is 13.2 Å². The number of carbonyl (C=O) groups excluding carboxylic acids is 2. The lowest BCUT2D eigenvalue weighted by molar-refractivity contribution is -0.204. The zero-order chi connectivity index (χ0) is 20.9. The SMILES string of the molecule is CCOC(=O)C(NC(=O)c1ccccc1Cl)(Nc1ccccc1F)C(F)(F)F. The molecule has 28 heavy (non-hydrogen) atoms. The summed E-state index contributed by atoms with van der Waals surface area (Å²) in [4.78, 5) is 24.8. The maximum Gasteiger partial charge on any atom is 0.441 e. The van der Waals surface area contributed by atoms with Gasteiger partial charge in [0, 0.05) is 0 Å². The Bertz CT molecular complexity index is 876. The van der Waals surface area contributed by atoms with E-state index in [0.717, 1.165) is 12.1 Å². The molecule has 0 aliphatic heterocycles. The topological polar surface area (TPSA) is 67.4 Å². The monoisotopic (exact) mass is 418 g/mol. The highest BCUT2D eigenvalue weighted by molar-refractivity contribution is 6.33. The van der Waals surface area contributed by atoms with E-state index >= 15 is 0 Å². The van der Waals surface area contributed by atoms with Gasteiger partial charge in [-0.25, -0.2) is 9.18 Å². The van der Waals surface area contributed by atoms with E-state index in [1.807, 2.05) is 0 Å². The Morgan fingerprint density at radius 2 is 1.68 bits per heavy atom. The van der Waals surface area contributed by atoms with Crippen LogP contribution in [-0.2, 0) is 9.53 Å². The van der Waals surface area contributed by atoms with E-state index in [9.17, 15) is 27.2 Å². The summed E-state index contributed by atoms with van der Waals surface area (Å²) in [7, 11) is 0. The molecule has 1 unspecified atom stereocenters. The first-order valence-electron chi connectivity index (χ1n) is 7.96. The van der Waals surface area contributed by atoms with Crippen LogP contribution < -0.4 is 10.6 Å². The van der Waals surface area contributed by atoms with Gasteiger partial charge in [0.15, 0.2) is 0 Å². The summed E-state index contributed by atoms with van der Waals surface area (Å²) in [6.45, 7) is 0.885. The van der Waals surface area contributed by atoms with Crippen LogP contribution >= 0.6 is 11.6 Å². The first-order chi connectivity index (χ1) is 13.1. The van der Waals surface area contributed by atoms with Crippen LogP contribution in [0.4, 0.5) is 23.2 Å². The van der Waals surface area contributed by atoms with Crippen molar-refractivity contribution in [2.75, 3.05) is 11.9 Å². The van der Waals surface area contributed by atoms with Crippen LogP contribution in [0, 0.1) is 5.82 Å². The van der Waals surface area contributed by atoms with Crippen molar-refractivity contribution in [3.63, 3.8) is 0 Å². The third kappa shape index (κ3) is 4.36. The third-order valence-corrected chi connectivity index (χ3v) is 3.95. The number of hydrogen-bond donors (Lipinski definition) is 2. The van der Waals surface area contributed by atoms with E-state index in [1.54, 1.807) is 10.6 Å². The number of esters is 1. The summed E-state index contributed by atoms with van der Waals surface area (Å²) in [5.41, 5.74) is -4.72. The molecule has 0 heterocycles.